The van der Waals surface area contributed by atoms with Crippen molar-refractivity contribution in [1.29, 1.82) is 0 Å². The fraction of sp³-hybridized carbons (Fsp3) is 0.545. The number of carbonyl (C=O) groups is 1. The fourth-order valence-corrected chi connectivity index (χ4v) is 1.67. The molecule has 0 aliphatic rings. The summed E-state index contributed by atoms with van der Waals surface area (Å²) in [6, 6.07) is 3.43. The van der Waals surface area contributed by atoms with Gasteiger partial charge in [-0.15, -0.1) is 10.2 Å². The van der Waals surface area contributed by atoms with Crippen molar-refractivity contribution in [2.24, 2.45) is 0 Å². The zero-order valence-corrected chi connectivity index (χ0v) is 11.0. The summed E-state index contributed by atoms with van der Waals surface area (Å²) in [5.74, 6) is 1.57. The van der Waals surface area contributed by atoms with Gasteiger partial charge in [0.25, 0.3) is 5.91 Å². The van der Waals surface area contributed by atoms with Crippen LogP contribution in [-0.2, 0) is 0 Å². The van der Waals surface area contributed by atoms with Gasteiger partial charge in [-0.05, 0) is 37.5 Å². The first kappa shape index (κ1) is 13.8. The molecule has 6 heteroatoms. The number of carbonyl (C=O) groups excluding carboxylic acids is 1. The Morgan fingerprint density at radius 2 is 2.24 bits per heavy atom. The Morgan fingerprint density at radius 3 is 2.82 bits per heavy atom. The van der Waals surface area contributed by atoms with E-state index >= 15 is 0 Å². The highest BCUT2D eigenvalue weighted by Crippen LogP contribution is 2.01. The maximum Gasteiger partial charge on any atom is 0.271 e. The maximum atomic E-state index is 11.6. The van der Waals surface area contributed by atoms with E-state index in [9.17, 15) is 4.79 Å². The maximum absolute atomic E-state index is 11.6. The number of amides is 1. The molecule has 0 saturated carbocycles. The van der Waals surface area contributed by atoms with Crippen LogP contribution >= 0.6 is 11.8 Å². The summed E-state index contributed by atoms with van der Waals surface area (Å²) in [5.41, 5.74) is 0.357. The molecule has 1 aromatic rings. The number of hydrogen-bond acceptors (Lipinski definition) is 5. The normalized spacial score (nSPS) is 10.0. The molecule has 0 spiro atoms. The molecule has 1 heterocycles. The first-order valence-corrected chi connectivity index (χ1v) is 7.02. The largest absolute Gasteiger partial charge is 0.369 e. The van der Waals surface area contributed by atoms with Gasteiger partial charge in [0.1, 0.15) is 5.82 Å². The van der Waals surface area contributed by atoms with Gasteiger partial charge in [-0.3, -0.25) is 4.79 Å². The van der Waals surface area contributed by atoms with Crippen LogP contribution in [0.1, 0.15) is 23.8 Å². The standard InChI is InChI=1S/C11H18N4OS/c1-3-12-10-6-5-9(14-15-10)11(16)13-7-4-8-17-2/h5-6H,3-4,7-8H2,1-2H3,(H,12,15)(H,13,16). The minimum Gasteiger partial charge on any atom is -0.369 e. The number of anilines is 1. The Morgan fingerprint density at radius 1 is 1.41 bits per heavy atom. The van der Waals surface area contributed by atoms with Gasteiger partial charge in [0.05, 0.1) is 0 Å². The van der Waals surface area contributed by atoms with Crippen LogP contribution in [0.3, 0.4) is 0 Å². The Kier molecular flexibility index (Phi) is 6.39. The first-order valence-electron chi connectivity index (χ1n) is 5.62. The van der Waals surface area contributed by atoms with Crippen molar-refractivity contribution < 1.29 is 4.79 Å². The lowest BCUT2D eigenvalue weighted by Gasteiger charge is -2.04. The van der Waals surface area contributed by atoms with Crippen molar-refractivity contribution in [2.75, 3.05) is 30.4 Å². The molecule has 1 rings (SSSR count). The Hall–Kier alpha value is -1.30. The molecule has 0 saturated heterocycles. The van der Waals surface area contributed by atoms with Gasteiger partial charge < -0.3 is 10.6 Å². The van der Waals surface area contributed by atoms with Crippen LogP contribution in [0.15, 0.2) is 12.1 Å². The number of rotatable bonds is 7. The first-order chi connectivity index (χ1) is 8.27. The lowest BCUT2D eigenvalue weighted by molar-refractivity contribution is 0.0948. The highest BCUT2D eigenvalue weighted by Gasteiger charge is 2.06. The average Bonchev–Trinajstić information content (AvgIpc) is 2.36. The highest BCUT2D eigenvalue weighted by molar-refractivity contribution is 7.98. The summed E-state index contributed by atoms with van der Waals surface area (Å²) in [5, 5.41) is 13.6. The number of thioether (sulfide) groups is 1. The zero-order chi connectivity index (χ0) is 12.5. The molecule has 1 aromatic heterocycles. The molecule has 0 radical (unpaired) electrons. The molecule has 0 unspecified atom stereocenters. The van der Waals surface area contributed by atoms with E-state index in [0.717, 1.165) is 18.7 Å². The average molecular weight is 254 g/mol. The van der Waals surface area contributed by atoms with E-state index in [2.05, 4.69) is 20.8 Å². The predicted octanol–water partition coefficient (Wildman–Crippen LogP) is 1.39. The van der Waals surface area contributed by atoms with Crippen LogP contribution in [-0.4, -0.2) is 41.2 Å². The summed E-state index contributed by atoms with van der Waals surface area (Å²) in [7, 11) is 0. The van der Waals surface area contributed by atoms with E-state index in [1.165, 1.54) is 0 Å². The molecule has 0 fully saturated rings. The van der Waals surface area contributed by atoms with Crippen molar-refractivity contribution in [1.82, 2.24) is 15.5 Å². The third-order valence-electron chi connectivity index (χ3n) is 2.07. The molecular weight excluding hydrogens is 236 g/mol. The molecule has 5 nitrogen and oxygen atoms in total. The molecule has 2 N–H and O–H groups in total. The Bertz CT molecular complexity index is 342. The monoisotopic (exact) mass is 254 g/mol. The lowest BCUT2D eigenvalue weighted by atomic mass is 10.3. The zero-order valence-electron chi connectivity index (χ0n) is 10.2. The highest BCUT2D eigenvalue weighted by atomic mass is 32.2. The van der Waals surface area contributed by atoms with Crippen molar-refractivity contribution in [2.45, 2.75) is 13.3 Å². The van der Waals surface area contributed by atoms with Gasteiger partial charge in [0.2, 0.25) is 0 Å². The van der Waals surface area contributed by atoms with Gasteiger partial charge in [0, 0.05) is 13.1 Å². The second kappa shape index (κ2) is 7.89. The molecule has 1 amide bonds. The topological polar surface area (TPSA) is 66.9 Å². The van der Waals surface area contributed by atoms with Gasteiger partial charge >= 0.3 is 0 Å². The summed E-state index contributed by atoms with van der Waals surface area (Å²) in [6.45, 7) is 3.44. The van der Waals surface area contributed by atoms with E-state index in [-0.39, 0.29) is 5.91 Å². The predicted molar refractivity (Wildman–Crippen MR) is 71.5 cm³/mol. The van der Waals surface area contributed by atoms with Gasteiger partial charge in [0.15, 0.2) is 5.69 Å². The van der Waals surface area contributed by atoms with Gasteiger partial charge in [-0.25, -0.2) is 0 Å². The van der Waals surface area contributed by atoms with Crippen molar-refractivity contribution in [3.8, 4) is 0 Å². The van der Waals surface area contributed by atoms with Crippen LogP contribution in [0, 0.1) is 0 Å². The molecule has 0 bridgehead atoms. The van der Waals surface area contributed by atoms with Crippen LogP contribution < -0.4 is 10.6 Å². The lowest BCUT2D eigenvalue weighted by Crippen LogP contribution is -2.26. The molecule has 17 heavy (non-hydrogen) atoms. The summed E-state index contributed by atoms with van der Waals surface area (Å²) < 4.78 is 0. The van der Waals surface area contributed by atoms with Crippen LogP contribution in [0.5, 0.6) is 0 Å². The molecular formula is C11H18N4OS. The van der Waals surface area contributed by atoms with Crippen molar-refractivity contribution in [3.63, 3.8) is 0 Å². The summed E-state index contributed by atoms with van der Waals surface area (Å²) in [4.78, 5) is 11.6. The number of nitrogens with one attached hydrogen (secondary N) is 2. The molecule has 94 valence electrons. The Balaban J connectivity index is 2.40. The van der Waals surface area contributed by atoms with Crippen molar-refractivity contribution >= 4 is 23.5 Å². The van der Waals surface area contributed by atoms with E-state index in [0.29, 0.717) is 18.1 Å². The minimum atomic E-state index is -0.165. The third-order valence-corrected chi connectivity index (χ3v) is 2.76. The van der Waals surface area contributed by atoms with Crippen LogP contribution in [0.25, 0.3) is 0 Å². The number of nitrogens with zero attached hydrogens (tertiary/aromatic N) is 2. The molecule has 0 aliphatic carbocycles. The Labute approximate surface area is 106 Å². The third kappa shape index (κ3) is 5.04. The molecule has 0 atom stereocenters. The van der Waals surface area contributed by atoms with E-state index < -0.39 is 0 Å². The fourth-order valence-electron chi connectivity index (χ4n) is 1.24. The second-order valence-electron chi connectivity index (χ2n) is 3.44. The van der Waals surface area contributed by atoms with Crippen LogP contribution in [0.2, 0.25) is 0 Å². The van der Waals surface area contributed by atoms with Crippen molar-refractivity contribution in [3.05, 3.63) is 17.8 Å². The van der Waals surface area contributed by atoms with E-state index in [1.54, 1.807) is 23.9 Å². The molecule has 0 aliphatic heterocycles. The number of hydrogen-bond donors (Lipinski definition) is 2. The second-order valence-corrected chi connectivity index (χ2v) is 4.42. The SMILES string of the molecule is CCNc1ccc(C(=O)NCCCSC)nn1. The smallest absolute Gasteiger partial charge is 0.271 e. The quantitative estimate of drug-likeness (QED) is 0.720. The van der Waals surface area contributed by atoms with Gasteiger partial charge in [-0.2, -0.15) is 11.8 Å². The minimum absolute atomic E-state index is 0.165. The van der Waals surface area contributed by atoms with E-state index in [1.807, 2.05) is 13.2 Å². The van der Waals surface area contributed by atoms with Crippen LogP contribution in [0.4, 0.5) is 5.82 Å². The van der Waals surface area contributed by atoms with Gasteiger partial charge in [-0.1, -0.05) is 0 Å². The molecule has 0 aromatic carbocycles. The summed E-state index contributed by atoms with van der Waals surface area (Å²) in [6.07, 6.45) is 3.02. The summed E-state index contributed by atoms with van der Waals surface area (Å²) >= 11 is 1.77. The number of aromatic nitrogens is 2. The van der Waals surface area contributed by atoms with E-state index in [4.69, 9.17) is 0 Å².